The molecule has 0 radical (unpaired) electrons. The summed E-state index contributed by atoms with van der Waals surface area (Å²) in [6, 6.07) is 9.99. The summed E-state index contributed by atoms with van der Waals surface area (Å²) in [7, 11) is 0. The fourth-order valence-corrected chi connectivity index (χ4v) is 7.16. The van der Waals surface area contributed by atoms with Crippen LogP contribution in [-0.4, -0.2) is 52.6 Å². The van der Waals surface area contributed by atoms with E-state index in [2.05, 4.69) is 32.0 Å². The number of rotatable bonds is 10. The quantitative estimate of drug-likeness (QED) is 0.338. The van der Waals surface area contributed by atoms with Crippen LogP contribution in [0.15, 0.2) is 30.5 Å². The number of carbonyl (C=O) groups excluding carboxylic acids is 1. The molecule has 4 aliphatic carbocycles. The summed E-state index contributed by atoms with van der Waals surface area (Å²) in [5.74, 6) is 3.19. The molecule has 0 aliphatic heterocycles. The molecule has 10 heteroatoms. The van der Waals surface area contributed by atoms with Gasteiger partial charge in [0.1, 0.15) is 35.4 Å². The lowest BCUT2D eigenvalue weighted by Crippen LogP contribution is -2.60. The summed E-state index contributed by atoms with van der Waals surface area (Å²) in [5, 5.41) is 28.8. The molecular weight excluding hydrogens is 508 g/mol. The highest BCUT2D eigenvalue weighted by molar-refractivity contribution is 5.68. The van der Waals surface area contributed by atoms with Gasteiger partial charge in [-0.1, -0.05) is 18.2 Å². The van der Waals surface area contributed by atoms with Crippen LogP contribution >= 0.6 is 0 Å². The Hall–Kier alpha value is -3.58. The summed E-state index contributed by atoms with van der Waals surface area (Å²) in [6.45, 7) is 7.01. The minimum absolute atomic E-state index is 0.0554. The summed E-state index contributed by atoms with van der Waals surface area (Å²) in [6.07, 6.45) is 6.76. The number of aliphatic hydroxyl groups excluding tert-OH is 1. The van der Waals surface area contributed by atoms with E-state index >= 15 is 0 Å². The third kappa shape index (κ3) is 6.41. The molecule has 1 aromatic heterocycles. The van der Waals surface area contributed by atoms with Gasteiger partial charge in [0.25, 0.3) is 0 Å². The third-order valence-electron chi connectivity index (χ3n) is 8.38. The highest BCUT2D eigenvalue weighted by Gasteiger charge is 2.55. The second kappa shape index (κ2) is 11.5. The Labute approximate surface area is 235 Å². The Morgan fingerprint density at radius 1 is 1.18 bits per heavy atom. The number of ether oxygens (including phenoxy) is 2. The Morgan fingerprint density at radius 3 is 2.62 bits per heavy atom. The highest BCUT2D eigenvalue weighted by Crippen LogP contribution is 2.60. The zero-order valence-corrected chi connectivity index (χ0v) is 23.6. The van der Waals surface area contributed by atoms with Crippen LogP contribution in [0.2, 0.25) is 0 Å². The molecule has 5 atom stereocenters. The van der Waals surface area contributed by atoms with Gasteiger partial charge in [0.05, 0.1) is 12.8 Å². The third-order valence-corrected chi connectivity index (χ3v) is 8.38. The number of nitrogens with one attached hydrogen (secondary N) is 3. The maximum absolute atomic E-state index is 12.5. The standard InChI is InChI=1S/C30H40N6O4/c1-29(2,3)40-28(38)35-25-21-10-19-11-22(25)14-30(12-19,13-21)18-34-26-23(15-31)17-33-27(36-26)32-16-20-6-4-5-7-24(20)39-9-8-37/h4-7,17,19,21-22,25,37H,8-14,16,18H2,1-3H3,(H,35,38)(H2,32,33,34,36)/t19?,21-,22+,25-,30-. The van der Waals surface area contributed by atoms with Gasteiger partial charge in [-0.2, -0.15) is 10.2 Å². The van der Waals surface area contributed by atoms with Crippen LogP contribution in [0.5, 0.6) is 5.75 Å². The number of amides is 1. The SMILES string of the molecule is CC(C)(C)OC(=O)N[C@@H]1[C@@H]2CC3C[C@H]1C[C@@](CNc1nc(NCc4ccccc4OCCO)ncc1C#N)(C3)C2. The van der Waals surface area contributed by atoms with E-state index in [4.69, 9.17) is 14.6 Å². The summed E-state index contributed by atoms with van der Waals surface area (Å²) in [5.41, 5.74) is 0.937. The van der Waals surface area contributed by atoms with Gasteiger partial charge in [-0.25, -0.2) is 9.78 Å². The van der Waals surface area contributed by atoms with Crippen molar-refractivity contribution in [3.63, 3.8) is 0 Å². The van der Waals surface area contributed by atoms with Crippen molar-refractivity contribution in [3.8, 4) is 11.8 Å². The van der Waals surface area contributed by atoms with Crippen molar-refractivity contribution in [1.29, 1.82) is 5.26 Å². The van der Waals surface area contributed by atoms with Crippen LogP contribution in [0.25, 0.3) is 0 Å². The van der Waals surface area contributed by atoms with Crippen LogP contribution in [0, 0.1) is 34.5 Å². The van der Waals surface area contributed by atoms with Gasteiger partial charge in [0.2, 0.25) is 5.95 Å². The number of hydrogen-bond donors (Lipinski definition) is 4. The summed E-state index contributed by atoms with van der Waals surface area (Å²) < 4.78 is 11.2. The van der Waals surface area contributed by atoms with Gasteiger partial charge in [0, 0.05) is 24.7 Å². The van der Waals surface area contributed by atoms with Gasteiger partial charge < -0.3 is 30.5 Å². The van der Waals surface area contributed by atoms with Gasteiger partial charge in [0.15, 0.2) is 0 Å². The fraction of sp³-hybridized carbons (Fsp3) is 0.600. The van der Waals surface area contributed by atoms with Crippen molar-refractivity contribution in [1.82, 2.24) is 15.3 Å². The van der Waals surface area contributed by atoms with E-state index in [1.807, 2.05) is 45.0 Å². The number of nitriles is 1. The molecule has 1 heterocycles. The van der Waals surface area contributed by atoms with Crippen molar-refractivity contribution in [3.05, 3.63) is 41.6 Å². The molecule has 4 N–H and O–H groups in total. The van der Waals surface area contributed by atoms with Gasteiger partial charge in [-0.15, -0.1) is 0 Å². The fourth-order valence-electron chi connectivity index (χ4n) is 7.16. The average Bonchev–Trinajstić information content (AvgIpc) is 2.91. The first-order valence-electron chi connectivity index (χ1n) is 14.2. The first-order valence-corrected chi connectivity index (χ1v) is 14.2. The second-order valence-corrected chi connectivity index (χ2v) is 12.6. The number of benzene rings is 1. The highest BCUT2D eigenvalue weighted by atomic mass is 16.6. The zero-order valence-electron chi connectivity index (χ0n) is 23.6. The van der Waals surface area contributed by atoms with E-state index in [9.17, 15) is 10.1 Å². The molecule has 4 saturated carbocycles. The van der Waals surface area contributed by atoms with Crippen LogP contribution < -0.4 is 20.7 Å². The first-order chi connectivity index (χ1) is 19.2. The minimum Gasteiger partial charge on any atom is -0.491 e. The molecule has 0 spiro atoms. The summed E-state index contributed by atoms with van der Waals surface area (Å²) >= 11 is 0. The number of nitrogens with zero attached hydrogens (tertiary/aromatic N) is 3. The van der Waals surface area contributed by atoms with Crippen molar-refractivity contribution in [2.45, 2.75) is 71.1 Å². The Balaban J connectivity index is 1.23. The van der Waals surface area contributed by atoms with E-state index < -0.39 is 5.60 Å². The molecule has 6 rings (SSSR count). The Kier molecular flexibility index (Phi) is 8.04. The Morgan fingerprint density at radius 2 is 1.93 bits per heavy atom. The number of aliphatic hydroxyl groups is 1. The summed E-state index contributed by atoms with van der Waals surface area (Å²) in [4.78, 5) is 21.5. The molecular formula is C30H40N6O4. The van der Waals surface area contributed by atoms with Gasteiger partial charge in [-0.3, -0.25) is 0 Å². The van der Waals surface area contributed by atoms with Crippen LogP contribution in [0.3, 0.4) is 0 Å². The lowest BCUT2D eigenvalue weighted by Gasteiger charge is -2.60. The van der Waals surface area contributed by atoms with E-state index in [0.717, 1.165) is 44.2 Å². The number of anilines is 2. The topological polar surface area (TPSA) is 141 Å². The molecule has 1 amide bonds. The predicted octanol–water partition coefficient (Wildman–Crippen LogP) is 4.46. The number of carbonyl (C=O) groups is 1. The van der Waals surface area contributed by atoms with Crippen molar-refractivity contribution < 1.29 is 19.4 Å². The predicted molar refractivity (Wildman–Crippen MR) is 151 cm³/mol. The Bertz CT molecular complexity index is 1240. The first kappa shape index (κ1) is 28.0. The van der Waals surface area contributed by atoms with Crippen LogP contribution in [0.4, 0.5) is 16.6 Å². The lowest BCUT2D eigenvalue weighted by atomic mass is 9.48. The number of alkyl carbamates (subject to hydrolysis) is 1. The normalized spacial score (nSPS) is 26.6. The lowest BCUT2D eigenvalue weighted by molar-refractivity contribution is -0.0703. The van der Waals surface area contributed by atoms with E-state index in [1.165, 1.54) is 0 Å². The second-order valence-electron chi connectivity index (χ2n) is 12.6. The smallest absolute Gasteiger partial charge is 0.407 e. The average molecular weight is 549 g/mol. The largest absolute Gasteiger partial charge is 0.491 e. The molecule has 0 saturated heterocycles. The molecule has 4 bridgehead atoms. The maximum Gasteiger partial charge on any atom is 0.407 e. The monoisotopic (exact) mass is 548 g/mol. The molecule has 40 heavy (non-hydrogen) atoms. The molecule has 214 valence electrons. The van der Waals surface area contributed by atoms with Crippen LogP contribution in [0.1, 0.15) is 64.0 Å². The molecule has 4 aliphatic rings. The molecule has 2 aromatic rings. The van der Waals surface area contributed by atoms with Crippen molar-refractivity contribution >= 4 is 17.9 Å². The van der Waals surface area contributed by atoms with E-state index in [1.54, 1.807) is 6.20 Å². The molecule has 10 nitrogen and oxygen atoms in total. The maximum atomic E-state index is 12.5. The van der Waals surface area contributed by atoms with Crippen LogP contribution in [-0.2, 0) is 11.3 Å². The van der Waals surface area contributed by atoms with Gasteiger partial charge in [-0.05, 0) is 82.1 Å². The molecule has 4 fully saturated rings. The molecule has 1 unspecified atom stereocenters. The number of aromatic nitrogens is 2. The van der Waals surface area contributed by atoms with Crippen molar-refractivity contribution in [2.75, 3.05) is 30.4 Å². The van der Waals surface area contributed by atoms with Gasteiger partial charge >= 0.3 is 6.09 Å². The zero-order chi connectivity index (χ0) is 28.3. The number of para-hydroxylation sites is 1. The van der Waals surface area contributed by atoms with E-state index in [-0.39, 0.29) is 30.8 Å². The number of hydrogen-bond acceptors (Lipinski definition) is 9. The van der Waals surface area contributed by atoms with Crippen molar-refractivity contribution in [2.24, 2.45) is 23.2 Å². The molecule has 1 aromatic carbocycles. The van der Waals surface area contributed by atoms with E-state index in [0.29, 0.717) is 47.4 Å². The minimum atomic E-state index is -0.512.